The van der Waals surface area contributed by atoms with E-state index in [4.69, 9.17) is 4.74 Å². The molecule has 0 radical (unpaired) electrons. The number of fused-ring (bicyclic) bond motifs is 1. The number of carbonyl (C=O) groups excluding carboxylic acids is 1. The Kier molecular flexibility index (Phi) is 4.36. The number of ether oxygens (including phenoxy) is 1. The van der Waals surface area contributed by atoms with Crippen LogP contribution in [-0.2, 0) is 26.4 Å². The molecule has 1 amide bonds. The standard InChI is InChI=1S/C17H22N4O4S/c1-20-13-3-2-4-14(21-6-8-25-9-7-21)15(13)16(19-20)18-17(22)12-5-10-26(23,24)11-12/h2-4,12H,5-11H2,1H3,(H,18,19,22)/t12-/m0/s1. The van der Waals surface area contributed by atoms with E-state index in [1.54, 1.807) is 4.68 Å². The molecule has 0 unspecified atom stereocenters. The van der Waals surface area contributed by atoms with E-state index in [9.17, 15) is 13.2 Å². The first-order valence-corrected chi connectivity index (χ1v) is 10.6. The summed E-state index contributed by atoms with van der Waals surface area (Å²) in [7, 11) is -1.27. The Hall–Kier alpha value is -2.13. The molecule has 140 valence electrons. The van der Waals surface area contributed by atoms with Gasteiger partial charge in [-0.25, -0.2) is 8.42 Å². The third-order valence-corrected chi connectivity index (χ3v) is 6.82. The van der Waals surface area contributed by atoms with E-state index >= 15 is 0 Å². The lowest BCUT2D eigenvalue weighted by atomic mass is 10.1. The Labute approximate surface area is 152 Å². The van der Waals surface area contributed by atoms with E-state index in [0.717, 1.165) is 29.7 Å². The maximum absolute atomic E-state index is 12.6. The van der Waals surface area contributed by atoms with Crippen molar-refractivity contribution < 1.29 is 17.9 Å². The van der Waals surface area contributed by atoms with Gasteiger partial charge in [-0.1, -0.05) is 6.07 Å². The minimum absolute atomic E-state index is 0.0765. The van der Waals surface area contributed by atoms with Crippen molar-refractivity contribution in [2.24, 2.45) is 13.0 Å². The van der Waals surface area contributed by atoms with Crippen LogP contribution < -0.4 is 10.2 Å². The number of rotatable bonds is 3. The Bertz CT molecular complexity index is 947. The Balaban J connectivity index is 1.67. The molecule has 0 saturated carbocycles. The average molecular weight is 378 g/mol. The van der Waals surface area contributed by atoms with Gasteiger partial charge in [-0.2, -0.15) is 5.10 Å². The normalized spacial score (nSPS) is 22.7. The van der Waals surface area contributed by atoms with Crippen molar-refractivity contribution in [2.75, 3.05) is 48.0 Å². The molecule has 1 atom stereocenters. The number of carbonyl (C=O) groups is 1. The molecule has 0 aliphatic carbocycles. The molecule has 2 fully saturated rings. The molecule has 1 aromatic heterocycles. The van der Waals surface area contributed by atoms with Gasteiger partial charge in [-0.15, -0.1) is 0 Å². The second-order valence-corrected chi connectivity index (χ2v) is 9.06. The van der Waals surface area contributed by atoms with Gasteiger partial charge in [0.25, 0.3) is 0 Å². The zero-order valence-electron chi connectivity index (χ0n) is 14.6. The van der Waals surface area contributed by atoms with Crippen LogP contribution in [0.2, 0.25) is 0 Å². The monoisotopic (exact) mass is 378 g/mol. The number of nitrogens with zero attached hydrogens (tertiary/aromatic N) is 3. The number of hydrogen-bond acceptors (Lipinski definition) is 6. The van der Waals surface area contributed by atoms with Crippen molar-refractivity contribution in [1.82, 2.24) is 9.78 Å². The quantitative estimate of drug-likeness (QED) is 0.849. The molecule has 9 heteroatoms. The smallest absolute Gasteiger partial charge is 0.229 e. The molecule has 0 bridgehead atoms. The van der Waals surface area contributed by atoms with Crippen LogP contribution in [0.1, 0.15) is 6.42 Å². The molecule has 2 aliphatic rings. The zero-order valence-corrected chi connectivity index (χ0v) is 15.5. The van der Waals surface area contributed by atoms with Gasteiger partial charge in [0.05, 0.1) is 47.2 Å². The molecule has 0 spiro atoms. The van der Waals surface area contributed by atoms with Gasteiger partial charge in [0.2, 0.25) is 5.91 Å². The van der Waals surface area contributed by atoms with E-state index in [1.807, 2.05) is 25.2 Å². The van der Waals surface area contributed by atoms with Gasteiger partial charge in [0.15, 0.2) is 15.7 Å². The van der Waals surface area contributed by atoms with Crippen LogP contribution in [0.15, 0.2) is 18.2 Å². The fourth-order valence-electron chi connectivity index (χ4n) is 3.67. The molecule has 8 nitrogen and oxygen atoms in total. The number of hydrogen-bond donors (Lipinski definition) is 1. The van der Waals surface area contributed by atoms with E-state index in [0.29, 0.717) is 25.5 Å². The summed E-state index contributed by atoms with van der Waals surface area (Å²) in [5.74, 6) is -0.304. The van der Waals surface area contributed by atoms with Crippen molar-refractivity contribution in [3.8, 4) is 0 Å². The van der Waals surface area contributed by atoms with Gasteiger partial charge < -0.3 is 15.0 Å². The van der Waals surface area contributed by atoms with Crippen molar-refractivity contribution in [1.29, 1.82) is 0 Å². The zero-order chi connectivity index (χ0) is 18.3. The molecule has 1 N–H and O–H groups in total. The molecule has 2 saturated heterocycles. The van der Waals surface area contributed by atoms with Crippen molar-refractivity contribution in [3.63, 3.8) is 0 Å². The van der Waals surface area contributed by atoms with E-state index in [-0.39, 0.29) is 17.4 Å². The summed E-state index contributed by atoms with van der Waals surface area (Å²) in [6.07, 6.45) is 0.370. The van der Waals surface area contributed by atoms with Gasteiger partial charge in [-0.3, -0.25) is 9.48 Å². The van der Waals surface area contributed by atoms with Gasteiger partial charge >= 0.3 is 0 Å². The number of nitrogens with one attached hydrogen (secondary N) is 1. The number of aromatic nitrogens is 2. The number of sulfone groups is 1. The average Bonchev–Trinajstić information content (AvgIpc) is 3.15. The number of anilines is 2. The fourth-order valence-corrected chi connectivity index (χ4v) is 5.41. The van der Waals surface area contributed by atoms with Crippen LogP contribution in [0, 0.1) is 5.92 Å². The van der Waals surface area contributed by atoms with Crippen molar-refractivity contribution >= 4 is 38.2 Å². The van der Waals surface area contributed by atoms with Crippen LogP contribution in [0.3, 0.4) is 0 Å². The first-order valence-electron chi connectivity index (χ1n) is 8.74. The van der Waals surface area contributed by atoms with E-state index < -0.39 is 15.8 Å². The lowest BCUT2D eigenvalue weighted by molar-refractivity contribution is -0.119. The molecule has 3 heterocycles. The van der Waals surface area contributed by atoms with Crippen molar-refractivity contribution in [2.45, 2.75) is 6.42 Å². The van der Waals surface area contributed by atoms with E-state index in [1.165, 1.54) is 0 Å². The molecule has 2 aromatic rings. The van der Waals surface area contributed by atoms with E-state index in [2.05, 4.69) is 15.3 Å². The Morgan fingerprint density at radius 3 is 2.77 bits per heavy atom. The molecule has 4 rings (SSSR count). The SMILES string of the molecule is Cn1nc(NC(=O)[C@H]2CCS(=O)(=O)C2)c2c(N3CCOCC3)cccc21. The van der Waals surface area contributed by atoms with Crippen molar-refractivity contribution in [3.05, 3.63) is 18.2 Å². The van der Waals surface area contributed by atoms with Gasteiger partial charge in [-0.05, 0) is 18.6 Å². The second-order valence-electron chi connectivity index (χ2n) is 6.83. The highest BCUT2D eigenvalue weighted by Crippen LogP contribution is 2.33. The Morgan fingerprint density at radius 1 is 1.31 bits per heavy atom. The first kappa shape index (κ1) is 17.3. The van der Waals surface area contributed by atoms with Crippen LogP contribution in [0.5, 0.6) is 0 Å². The van der Waals surface area contributed by atoms with Crippen LogP contribution in [-0.4, -0.2) is 61.9 Å². The largest absolute Gasteiger partial charge is 0.378 e. The minimum atomic E-state index is -3.10. The molecular weight excluding hydrogens is 356 g/mol. The minimum Gasteiger partial charge on any atom is -0.378 e. The summed E-state index contributed by atoms with van der Waals surface area (Å²) in [5, 5.41) is 8.22. The molecule has 2 aliphatic heterocycles. The number of aryl methyl sites for hydroxylation is 1. The summed E-state index contributed by atoms with van der Waals surface area (Å²) >= 11 is 0. The number of benzene rings is 1. The highest BCUT2D eigenvalue weighted by atomic mass is 32.2. The highest BCUT2D eigenvalue weighted by molar-refractivity contribution is 7.91. The molecule has 1 aromatic carbocycles. The lowest BCUT2D eigenvalue weighted by Gasteiger charge is -2.29. The maximum Gasteiger partial charge on any atom is 0.229 e. The first-order chi connectivity index (χ1) is 12.4. The maximum atomic E-state index is 12.6. The fraction of sp³-hybridized carbons (Fsp3) is 0.529. The van der Waals surface area contributed by atoms with Crippen LogP contribution in [0.4, 0.5) is 11.5 Å². The highest BCUT2D eigenvalue weighted by Gasteiger charge is 2.33. The summed E-state index contributed by atoms with van der Waals surface area (Å²) in [6, 6.07) is 5.96. The lowest BCUT2D eigenvalue weighted by Crippen LogP contribution is -2.36. The predicted octanol–water partition coefficient (Wildman–Crippen LogP) is 0.783. The molecular formula is C17H22N4O4S. The summed E-state index contributed by atoms with van der Waals surface area (Å²) < 4.78 is 30.5. The van der Waals surface area contributed by atoms with Gasteiger partial charge in [0, 0.05) is 20.1 Å². The number of morpholine rings is 1. The van der Waals surface area contributed by atoms with Gasteiger partial charge in [0.1, 0.15) is 0 Å². The topological polar surface area (TPSA) is 93.5 Å². The third kappa shape index (κ3) is 3.16. The Morgan fingerprint density at radius 2 is 2.08 bits per heavy atom. The molecule has 26 heavy (non-hydrogen) atoms. The van der Waals surface area contributed by atoms with Crippen LogP contribution >= 0.6 is 0 Å². The summed E-state index contributed by atoms with van der Waals surface area (Å²) in [6.45, 7) is 2.89. The predicted molar refractivity (Wildman–Crippen MR) is 99.1 cm³/mol. The number of amides is 1. The second kappa shape index (κ2) is 6.55. The van der Waals surface area contributed by atoms with Crippen LogP contribution in [0.25, 0.3) is 10.9 Å². The summed E-state index contributed by atoms with van der Waals surface area (Å²) in [4.78, 5) is 14.8. The summed E-state index contributed by atoms with van der Waals surface area (Å²) in [5.41, 5.74) is 1.93. The third-order valence-electron chi connectivity index (χ3n) is 5.05.